The number of thiophene rings is 1. The third-order valence-electron chi connectivity index (χ3n) is 5.51. The van der Waals surface area contributed by atoms with Gasteiger partial charge in [0.1, 0.15) is 18.1 Å². The van der Waals surface area contributed by atoms with Crippen molar-refractivity contribution in [3.8, 4) is 22.2 Å². The van der Waals surface area contributed by atoms with Gasteiger partial charge in [-0.05, 0) is 47.9 Å². The van der Waals surface area contributed by atoms with Gasteiger partial charge in [-0.1, -0.05) is 6.07 Å². The van der Waals surface area contributed by atoms with E-state index < -0.39 is 0 Å². The fourth-order valence-corrected chi connectivity index (χ4v) is 4.62. The molecule has 10 heteroatoms. The van der Waals surface area contributed by atoms with Crippen molar-refractivity contribution in [2.45, 2.75) is 13.0 Å². The maximum Gasteiger partial charge on any atom is 0.224 e. The number of hydrogen-bond acceptors (Lipinski definition) is 7. The van der Waals surface area contributed by atoms with Gasteiger partial charge in [0.2, 0.25) is 5.91 Å². The Morgan fingerprint density at radius 3 is 2.56 bits per heavy atom. The minimum absolute atomic E-state index is 0.152. The van der Waals surface area contributed by atoms with Crippen LogP contribution in [0.5, 0.6) is 11.5 Å². The lowest BCUT2D eigenvalue weighted by molar-refractivity contribution is -0.133. The minimum atomic E-state index is 0.152. The summed E-state index contributed by atoms with van der Waals surface area (Å²) in [6, 6.07) is 11.6. The van der Waals surface area contributed by atoms with Gasteiger partial charge in [0.05, 0.1) is 12.0 Å². The van der Waals surface area contributed by atoms with E-state index in [0.29, 0.717) is 24.3 Å². The van der Waals surface area contributed by atoms with Crippen molar-refractivity contribution in [3.05, 3.63) is 46.5 Å². The van der Waals surface area contributed by atoms with Crippen LogP contribution in [0, 0.1) is 4.77 Å². The summed E-state index contributed by atoms with van der Waals surface area (Å²) in [6.07, 6.45) is 0.410. The third kappa shape index (κ3) is 5.56. The molecule has 0 atom stereocenters. The molecular weight excluding hydrogens is 446 g/mol. The van der Waals surface area contributed by atoms with E-state index in [0.717, 1.165) is 54.9 Å². The van der Waals surface area contributed by atoms with E-state index >= 15 is 0 Å². The number of carbonyl (C=O) groups is 1. The topological polar surface area (TPSA) is 75.6 Å². The van der Waals surface area contributed by atoms with E-state index in [4.69, 9.17) is 21.7 Å². The van der Waals surface area contributed by atoms with Gasteiger partial charge in [-0.2, -0.15) is 5.10 Å². The van der Waals surface area contributed by atoms with Crippen LogP contribution in [-0.2, 0) is 11.3 Å². The first kappa shape index (κ1) is 22.5. The van der Waals surface area contributed by atoms with Crippen LogP contribution < -0.4 is 9.47 Å². The van der Waals surface area contributed by atoms with Crippen molar-refractivity contribution >= 4 is 29.5 Å². The SMILES string of the molecule is COc1ccc(OCCN2CCN(C(=O)CCn3c(-c4cccs4)n[nH]c3=S)CC2)cc1. The van der Waals surface area contributed by atoms with Crippen LogP contribution in [0.1, 0.15) is 6.42 Å². The summed E-state index contributed by atoms with van der Waals surface area (Å²) in [4.78, 5) is 18.1. The monoisotopic (exact) mass is 473 g/mol. The number of nitrogens with zero attached hydrogens (tertiary/aromatic N) is 4. The number of methoxy groups -OCH3 is 1. The van der Waals surface area contributed by atoms with Gasteiger partial charge in [0, 0.05) is 45.7 Å². The molecule has 0 saturated carbocycles. The van der Waals surface area contributed by atoms with Gasteiger partial charge in [-0.25, -0.2) is 0 Å². The van der Waals surface area contributed by atoms with E-state index in [1.165, 1.54) is 0 Å². The Labute approximate surface area is 196 Å². The van der Waals surface area contributed by atoms with Crippen LogP contribution >= 0.6 is 23.6 Å². The molecule has 32 heavy (non-hydrogen) atoms. The molecule has 4 rings (SSSR count). The molecule has 0 spiro atoms. The highest BCUT2D eigenvalue weighted by Crippen LogP contribution is 2.23. The number of aromatic nitrogens is 3. The second-order valence-corrected chi connectivity index (χ2v) is 8.81. The van der Waals surface area contributed by atoms with E-state index in [-0.39, 0.29) is 5.91 Å². The lowest BCUT2D eigenvalue weighted by atomic mass is 10.2. The first-order chi connectivity index (χ1) is 15.6. The van der Waals surface area contributed by atoms with Gasteiger partial charge in [-0.15, -0.1) is 11.3 Å². The summed E-state index contributed by atoms with van der Waals surface area (Å²) in [6.45, 7) is 5.14. The zero-order valence-corrected chi connectivity index (χ0v) is 19.7. The predicted octanol–water partition coefficient (Wildman–Crippen LogP) is 3.29. The molecule has 1 amide bonds. The van der Waals surface area contributed by atoms with Crippen LogP contribution in [0.4, 0.5) is 0 Å². The number of aromatic amines is 1. The molecular formula is C22H27N5O3S2. The number of nitrogens with one attached hydrogen (secondary N) is 1. The Balaban J connectivity index is 1.20. The zero-order valence-electron chi connectivity index (χ0n) is 18.0. The van der Waals surface area contributed by atoms with E-state index in [9.17, 15) is 4.79 Å². The maximum absolute atomic E-state index is 12.8. The quantitative estimate of drug-likeness (QED) is 0.481. The minimum Gasteiger partial charge on any atom is -0.497 e. The van der Waals surface area contributed by atoms with Crippen molar-refractivity contribution in [2.75, 3.05) is 46.4 Å². The van der Waals surface area contributed by atoms with Crippen molar-refractivity contribution in [1.82, 2.24) is 24.6 Å². The predicted molar refractivity (Wildman–Crippen MR) is 127 cm³/mol. The summed E-state index contributed by atoms with van der Waals surface area (Å²) in [7, 11) is 1.65. The molecule has 0 radical (unpaired) electrons. The van der Waals surface area contributed by atoms with Gasteiger partial charge < -0.3 is 14.4 Å². The molecule has 1 aliphatic heterocycles. The third-order valence-corrected chi connectivity index (χ3v) is 6.69. The molecule has 1 N–H and O–H groups in total. The Kier molecular flexibility index (Phi) is 7.56. The van der Waals surface area contributed by atoms with Gasteiger partial charge in [0.15, 0.2) is 10.6 Å². The molecule has 8 nitrogen and oxygen atoms in total. The summed E-state index contributed by atoms with van der Waals surface area (Å²) >= 11 is 6.97. The van der Waals surface area contributed by atoms with Crippen molar-refractivity contribution in [1.29, 1.82) is 0 Å². The first-order valence-electron chi connectivity index (χ1n) is 10.6. The highest BCUT2D eigenvalue weighted by molar-refractivity contribution is 7.71. The maximum atomic E-state index is 12.8. The van der Waals surface area contributed by atoms with Crippen molar-refractivity contribution in [2.24, 2.45) is 0 Å². The van der Waals surface area contributed by atoms with Crippen LogP contribution in [0.25, 0.3) is 10.7 Å². The number of rotatable bonds is 9. The molecule has 1 fully saturated rings. The molecule has 170 valence electrons. The summed E-state index contributed by atoms with van der Waals surface area (Å²) in [5.74, 6) is 2.59. The second kappa shape index (κ2) is 10.8. The number of amides is 1. The van der Waals surface area contributed by atoms with Gasteiger partial charge >= 0.3 is 0 Å². The average Bonchev–Trinajstić information content (AvgIpc) is 3.48. The van der Waals surface area contributed by atoms with Crippen LogP contribution in [0.2, 0.25) is 0 Å². The molecule has 1 aromatic carbocycles. The number of carbonyl (C=O) groups excluding carboxylic acids is 1. The largest absolute Gasteiger partial charge is 0.497 e. The highest BCUT2D eigenvalue weighted by Gasteiger charge is 2.21. The molecule has 0 aliphatic carbocycles. The number of hydrogen-bond donors (Lipinski definition) is 1. The Bertz CT molecular complexity index is 1050. The molecule has 2 aromatic heterocycles. The summed E-state index contributed by atoms with van der Waals surface area (Å²) in [5.41, 5.74) is 0. The van der Waals surface area contributed by atoms with E-state index in [2.05, 4.69) is 15.1 Å². The Morgan fingerprint density at radius 1 is 1.12 bits per heavy atom. The fourth-order valence-electron chi connectivity index (χ4n) is 3.67. The fraction of sp³-hybridized carbons (Fsp3) is 0.409. The van der Waals surface area contributed by atoms with E-state index in [1.807, 2.05) is 51.2 Å². The Morgan fingerprint density at radius 2 is 1.88 bits per heavy atom. The van der Waals surface area contributed by atoms with Crippen molar-refractivity contribution in [3.63, 3.8) is 0 Å². The standard InChI is InChI=1S/C22H27N5O3S2/c1-29-17-4-6-18(7-5-17)30-15-14-25-10-12-26(13-11-25)20(28)8-9-27-21(23-24-22(27)31)19-3-2-16-32-19/h2-7,16H,8-15H2,1H3,(H,24,31). The molecule has 0 bridgehead atoms. The second-order valence-electron chi connectivity index (χ2n) is 7.48. The molecule has 0 unspecified atom stereocenters. The van der Waals surface area contributed by atoms with E-state index in [1.54, 1.807) is 18.4 Å². The van der Waals surface area contributed by atoms with Crippen LogP contribution in [-0.4, -0.2) is 76.9 Å². The normalized spacial score (nSPS) is 14.5. The number of piperazine rings is 1. The molecule has 3 aromatic rings. The highest BCUT2D eigenvalue weighted by atomic mass is 32.1. The number of ether oxygens (including phenoxy) is 2. The molecule has 3 heterocycles. The lowest BCUT2D eigenvalue weighted by Gasteiger charge is -2.34. The van der Waals surface area contributed by atoms with Gasteiger partial charge in [-0.3, -0.25) is 19.4 Å². The molecule has 1 aliphatic rings. The summed E-state index contributed by atoms with van der Waals surface area (Å²) < 4.78 is 13.4. The lowest BCUT2D eigenvalue weighted by Crippen LogP contribution is -2.49. The average molecular weight is 474 g/mol. The van der Waals surface area contributed by atoms with Crippen LogP contribution in [0.15, 0.2) is 41.8 Å². The number of H-pyrrole nitrogens is 1. The van der Waals surface area contributed by atoms with Crippen LogP contribution in [0.3, 0.4) is 0 Å². The van der Waals surface area contributed by atoms with Crippen molar-refractivity contribution < 1.29 is 14.3 Å². The molecule has 1 saturated heterocycles. The summed E-state index contributed by atoms with van der Waals surface area (Å²) in [5, 5.41) is 9.17. The Hall–Kier alpha value is -2.69. The van der Waals surface area contributed by atoms with Gasteiger partial charge in [0.25, 0.3) is 0 Å². The smallest absolute Gasteiger partial charge is 0.224 e. The number of benzene rings is 1. The zero-order chi connectivity index (χ0) is 22.3. The first-order valence-corrected chi connectivity index (χ1v) is 11.9.